The highest BCUT2D eigenvalue weighted by Gasteiger charge is 2.11. The summed E-state index contributed by atoms with van der Waals surface area (Å²) in [5.74, 6) is 0.553. The zero-order valence-electron chi connectivity index (χ0n) is 11.0. The summed E-state index contributed by atoms with van der Waals surface area (Å²) in [5.41, 5.74) is 2.00. The lowest BCUT2D eigenvalue weighted by atomic mass is 10.3. The Labute approximate surface area is 119 Å². The van der Waals surface area contributed by atoms with Crippen LogP contribution < -0.4 is 5.32 Å². The van der Waals surface area contributed by atoms with Gasteiger partial charge in [0.2, 0.25) is 0 Å². The lowest BCUT2D eigenvalue weighted by Crippen LogP contribution is -2.18. The molecule has 0 saturated carbocycles. The summed E-state index contributed by atoms with van der Waals surface area (Å²) in [7, 11) is 1.92. The van der Waals surface area contributed by atoms with Gasteiger partial charge in [0.15, 0.2) is 0 Å². The van der Waals surface area contributed by atoms with Crippen LogP contribution in [0.5, 0.6) is 0 Å². The standard InChI is InChI=1S/C12H21Cl2N3O/c1-3-10-12(14)11(17(2)16-10)9-15-6-4-7-18-8-5-13/h15H,3-9H2,1-2H3. The minimum Gasteiger partial charge on any atom is -0.380 e. The van der Waals surface area contributed by atoms with Crippen molar-refractivity contribution in [3.8, 4) is 0 Å². The van der Waals surface area contributed by atoms with Crippen LogP contribution in [0, 0.1) is 0 Å². The minimum absolute atomic E-state index is 0.553. The maximum atomic E-state index is 6.25. The summed E-state index contributed by atoms with van der Waals surface area (Å²) >= 11 is 11.8. The second-order valence-electron chi connectivity index (χ2n) is 4.02. The molecule has 6 heteroatoms. The lowest BCUT2D eigenvalue weighted by molar-refractivity contribution is 0.146. The number of hydrogen-bond acceptors (Lipinski definition) is 3. The molecule has 1 aromatic heterocycles. The van der Waals surface area contributed by atoms with Gasteiger partial charge in [0.05, 0.1) is 23.0 Å². The molecular weight excluding hydrogens is 273 g/mol. The molecule has 0 spiro atoms. The molecule has 1 heterocycles. The SMILES string of the molecule is CCc1nn(C)c(CNCCCOCCCl)c1Cl. The van der Waals surface area contributed by atoms with Gasteiger partial charge < -0.3 is 10.1 Å². The van der Waals surface area contributed by atoms with Crippen LogP contribution in [-0.2, 0) is 24.8 Å². The normalized spacial score (nSPS) is 11.1. The predicted octanol–water partition coefficient (Wildman–Crippen LogP) is 2.37. The minimum atomic E-state index is 0.553. The van der Waals surface area contributed by atoms with Gasteiger partial charge in [-0.25, -0.2) is 0 Å². The van der Waals surface area contributed by atoms with Crippen molar-refractivity contribution < 1.29 is 4.74 Å². The van der Waals surface area contributed by atoms with Crippen LogP contribution in [0.1, 0.15) is 24.7 Å². The van der Waals surface area contributed by atoms with E-state index in [-0.39, 0.29) is 0 Å². The van der Waals surface area contributed by atoms with E-state index in [1.807, 2.05) is 11.7 Å². The quantitative estimate of drug-likeness (QED) is 0.561. The number of nitrogens with one attached hydrogen (secondary N) is 1. The summed E-state index contributed by atoms with van der Waals surface area (Å²) in [5, 5.41) is 8.50. The number of halogens is 2. The Bertz CT molecular complexity index is 355. The highest BCUT2D eigenvalue weighted by molar-refractivity contribution is 6.31. The van der Waals surface area contributed by atoms with Crippen LogP contribution >= 0.6 is 23.2 Å². The number of ether oxygens (including phenoxy) is 1. The van der Waals surface area contributed by atoms with Gasteiger partial charge >= 0.3 is 0 Å². The average molecular weight is 294 g/mol. The van der Waals surface area contributed by atoms with Crippen LogP contribution in [0.25, 0.3) is 0 Å². The third-order valence-corrected chi connectivity index (χ3v) is 3.25. The number of aryl methyl sites for hydroxylation is 2. The molecule has 0 bridgehead atoms. The molecule has 0 radical (unpaired) electrons. The molecule has 1 N–H and O–H groups in total. The lowest BCUT2D eigenvalue weighted by Gasteiger charge is -2.06. The van der Waals surface area contributed by atoms with E-state index in [4.69, 9.17) is 27.9 Å². The van der Waals surface area contributed by atoms with E-state index in [1.54, 1.807) is 0 Å². The Hall–Kier alpha value is -0.290. The number of aromatic nitrogens is 2. The monoisotopic (exact) mass is 293 g/mol. The molecule has 0 amide bonds. The molecule has 104 valence electrons. The molecule has 1 aromatic rings. The first-order valence-electron chi connectivity index (χ1n) is 6.25. The van der Waals surface area contributed by atoms with Crippen LogP contribution in [0.15, 0.2) is 0 Å². The second-order valence-corrected chi connectivity index (χ2v) is 4.77. The van der Waals surface area contributed by atoms with E-state index in [9.17, 15) is 0 Å². The molecule has 0 aliphatic heterocycles. The summed E-state index contributed by atoms with van der Waals surface area (Å²) < 4.78 is 7.13. The molecule has 18 heavy (non-hydrogen) atoms. The fourth-order valence-electron chi connectivity index (χ4n) is 1.67. The van der Waals surface area contributed by atoms with Gasteiger partial charge in [-0.1, -0.05) is 18.5 Å². The van der Waals surface area contributed by atoms with Crippen LogP contribution in [0.4, 0.5) is 0 Å². The zero-order chi connectivity index (χ0) is 13.4. The van der Waals surface area contributed by atoms with Crippen molar-refractivity contribution in [3.05, 3.63) is 16.4 Å². The maximum Gasteiger partial charge on any atom is 0.0863 e. The number of nitrogens with zero attached hydrogens (tertiary/aromatic N) is 2. The average Bonchev–Trinajstić information content (AvgIpc) is 2.64. The van der Waals surface area contributed by atoms with E-state index in [0.717, 1.165) is 48.9 Å². The molecule has 0 saturated heterocycles. The van der Waals surface area contributed by atoms with Crippen LogP contribution in [0.2, 0.25) is 5.02 Å². The van der Waals surface area contributed by atoms with Gasteiger partial charge in [0.1, 0.15) is 0 Å². The molecule has 0 aliphatic rings. The van der Waals surface area contributed by atoms with Gasteiger partial charge in [-0.15, -0.1) is 11.6 Å². The Balaban J connectivity index is 2.25. The first kappa shape index (κ1) is 15.8. The summed E-state index contributed by atoms with van der Waals surface area (Å²) in [6, 6.07) is 0. The number of rotatable bonds is 9. The molecule has 4 nitrogen and oxygen atoms in total. The van der Waals surface area contributed by atoms with E-state index >= 15 is 0 Å². The highest BCUT2D eigenvalue weighted by atomic mass is 35.5. The van der Waals surface area contributed by atoms with Crippen molar-refractivity contribution in [2.45, 2.75) is 26.3 Å². The van der Waals surface area contributed by atoms with Crippen molar-refractivity contribution >= 4 is 23.2 Å². The first-order valence-corrected chi connectivity index (χ1v) is 7.16. The maximum absolute atomic E-state index is 6.25. The number of hydrogen-bond donors (Lipinski definition) is 1. The largest absolute Gasteiger partial charge is 0.380 e. The third kappa shape index (κ3) is 4.76. The fraction of sp³-hybridized carbons (Fsp3) is 0.750. The summed E-state index contributed by atoms with van der Waals surface area (Å²) in [6.07, 6.45) is 1.83. The fourth-order valence-corrected chi connectivity index (χ4v) is 2.14. The summed E-state index contributed by atoms with van der Waals surface area (Å²) in [4.78, 5) is 0. The molecule has 0 atom stereocenters. The van der Waals surface area contributed by atoms with Gasteiger partial charge in [0, 0.05) is 26.1 Å². The van der Waals surface area contributed by atoms with Gasteiger partial charge in [-0.2, -0.15) is 5.10 Å². The van der Waals surface area contributed by atoms with Gasteiger partial charge in [-0.05, 0) is 19.4 Å². The molecule has 0 unspecified atom stereocenters. The van der Waals surface area contributed by atoms with E-state index < -0.39 is 0 Å². The van der Waals surface area contributed by atoms with Gasteiger partial charge in [-0.3, -0.25) is 4.68 Å². The van der Waals surface area contributed by atoms with Crippen molar-refractivity contribution in [2.75, 3.05) is 25.6 Å². The van der Waals surface area contributed by atoms with Crippen LogP contribution in [0.3, 0.4) is 0 Å². The Morgan fingerprint density at radius 1 is 1.39 bits per heavy atom. The molecule has 1 rings (SSSR count). The first-order chi connectivity index (χ1) is 8.70. The van der Waals surface area contributed by atoms with Crippen molar-refractivity contribution in [1.29, 1.82) is 0 Å². The van der Waals surface area contributed by atoms with Gasteiger partial charge in [0.25, 0.3) is 0 Å². The smallest absolute Gasteiger partial charge is 0.0863 e. The van der Waals surface area contributed by atoms with E-state index in [2.05, 4.69) is 17.3 Å². The molecule has 0 aliphatic carbocycles. The van der Waals surface area contributed by atoms with Crippen molar-refractivity contribution in [2.24, 2.45) is 7.05 Å². The second kappa shape index (κ2) is 8.75. The Morgan fingerprint density at radius 2 is 2.17 bits per heavy atom. The zero-order valence-corrected chi connectivity index (χ0v) is 12.5. The summed E-state index contributed by atoms with van der Waals surface area (Å²) in [6.45, 7) is 5.04. The van der Waals surface area contributed by atoms with E-state index in [0.29, 0.717) is 12.5 Å². The molecule has 0 aromatic carbocycles. The third-order valence-electron chi connectivity index (χ3n) is 2.66. The Morgan fingerprint density at radius 3 is 2.78 bits per heavy atom. The van der Waals surface area contributed by atoms with Crippen LogP contribution in [-0.4, -0.2) is 35.4 Å². The molecular formula is C12H21Cl2N3O. The van der Waals surface area contributed by atoms with Crippen molar-refractivity contribution in [3.63, 3.8) is 0 Å². The Kier molecular flexibility index (Phi) is 7.66. The topological polar surface area (TPSA) is 39.1 Å². The number of alkyl halides is 1. The van der Waals surface area contributed by atoms with Crippen molar-refractivity contribution in [1.82, 2.24) is 15.1 Å². The predicted molar refractivity (Wildman–Crippen MR) is 75.5 cm³/mol. The molecule has 0 fully saturated rings. The van der Waals surface area contributed by atoms with E-state index in [1.165, 1.54) is 0 Å². The highest BCUT2D eigenvalue weighted by Crippen LogP contribution is 2.20.